The van der Waals surface area contributed by atoms with Crippen LogP contribution in [-0.4, -0.2) is 5.54 Å². The maximum atomic E-state index is 7.83. The Morgan fingerprint density at radius 2 is 2.11 bits per heavy atom. The van der Waals surface area contributed by atoms with Gasteiger partial charge < -0.3 is 0 Å². The number of rotatable bonds is 0. The molecule has 0 aromatic carbocycles. The molecule has 1 saturated carbocycles. The molecule has 0 bridgehead atoms. The molecule has 0 aliphatic heterocycles. The summed E-state index contributed by atoms with van der Waals surface area (Å²) in [5.41, 5.74) is 7.72. The van der Waals surface area contributed by atoms with Gasteiger partial charge in [0.25, 0.3) is 0 Å². The molecule has 53 valence electrons. The van der Waals surface area contributed by atoms with E-state index < -0.39 is 0 Å². The first-order valence-electron chi connectivity index (χ1n) is 3.88. The lowest BCUT2D eigenvalue weighted by Crippen LogP contribution is -2.37. The van der Waals surface area contributed by atoms with Crippen molar-refractivity contribution in [3.05, 3.63) is 0 Å². The first-order chi connectivity index (χ1) is 4.13. The van der Waals surface area contributed by atoms with Gasteiger partial charge in [0.1, 0.15) is 0 Å². The smallest absolute Gasteiger partial charge is 0.0321 e. The standard InChI is InChI=1S/C8H16N/c1-7-5-3-4-6-8(7,2)9/h7,9H,3-6H2,1-2H3. The van der Waals surface area contributed by atoms with Crippen molar-refractivity contribution in [1.29, 1.82) is 0 Å². The Balaban J connectivity index is 2.49. The van der Waals surface area contributed by atoms with Gasteiger partial charge in [-0.05, 0) is 25.7 Å². The first-order valence-corrected chi connectivity index (χ1v) is 3.88. The van der Waals surface area contributed by atoms with Crippen LogP contribution < -0.4 is 5.73 Å². The molecule has 1 nitrogen and oxygen atoms in total. The lowest BCUT2D eigenvalue weighted by Gasteiger charge is -2.34. The SMILES string of the molecule is CC1CCCCC1(C)[NH]. The van der Waals surface area contributed by atoms with Crippen molar-refractivity contribution in [3.8, 4) is 0 Å². The lowest BCUT2D eigenvalue weighted by atomic mass is 9.76. The fraction of sp³-hybridized carbons (Fsp3) is 1.00. The molecule has 0 saturated heterocycles. The number of hydrogen-bond acceptors (Lipinski definition) is 0. The molecule has 1 fully saturated rings. The summed E-state index contributed by atoms with van der Waals surface area (Å²) in [4.78, 5) is 0. The Bertz CT molecular complexity index is 96.7. The van der Waals surface area contributed by atoms with Gasteiger partial charge in [0, 0.05) is 5.54 Å². The van der Waals surface area contributed by atoms with Gasteiger partial charge in [-0.25, -0.2) is 0 Å². The van der Waals surface area contributed by atoms with Crippen molar-refractivity contribution in [2.45, 2.75) is 45.1 Å². The van der Waals surface area contributed by atoms with Crippen LogP contribution in [0.5, 0.6) is 0 Å². The average Bonchev–Trinajstić information content (AvgIpc) is 1.77. The summed E-state index contributed by atoms with van der Waals surface area (Å²) in [6.45, 7) is 4.27. The highest BCUT2D eigenvalue weighted by Crippen LogP contribution is 2.31. The highest BCUT2D eigenvalue weighted by molar-refractivity contribution is 4.86. The monoisotopic (exact) mass is 126 g/mol. The van der Waals surface area contributed by atoms with Crippen LogP contribution in [0, 0.1) is 5.92 Å². The van der Waals surface area contributed by atoms with Gasteiger partial charge in [-0.15, -0.1) is 0 Å². The molecule has 1 radical (unpaired) electrons. The Kier molecular flexibility index (Phi) is 1.80. The molecule has 1 N–H and O–H groups in total. The summed E-state index contributed by atoms with van der Waals surface area (Å²) in [5.74, 6) is 0.617. The Labute approximate surface area is 57.6 Å². The fourth-order valence-electron chi connectivity index (χ4n) is 1.51. The summed E-state index contributed by atoms with van der Waals surface area (Å²) in [5, 5.41) is 0. The molecular weight excluding hydrogens is 110 g/mol. The minimum atomic E-state index is -0.113. The van der Waals surface area contributed by atoms with E-state index in [4.69, 9.17) is 5.73 Å². The van der Waals surface area contributed by atoms with Crippen LogP contribution in [0.15, 0.2) is 0 Å². The molecule has 0 spiro atoms. The van der Waals surface area contributed by atoms with Crippen molar-refractivity contribution in [2.24, 2.45) is 5.92 Å². The highest BCUT2D eigenvalue weighted by Gasteiger charge is 2.29. The van der Waals surface area contributed by atoms with Crippen LogP contribution in [0.25, 0.3) is 0 Å². The van der Waals surface area contributed by atoms with Crippen LogP contribution >= 0.6 is 0 Å². The molecule has 0 aromatic heterocycles. The molecular formula is C8H16N. The van der Waals surface area contributed by atoms with E-state index in [-0.39, 0.29) is 5.54 Å². The first kappa shape index (κ1) is 7.07. The minimum Gasteiger partial charge on any atom is -0.251 e. The van der Waals surface area contributed by atoms with E-state index in [0.717, 1.165) is 6.42 Å². The van der Waals surface area contributed by atoms with E-state index in [1.54, 1.807) is 0 Å². The normalized spacial score (nSPS) is 45.0. The van der Waals surface area contributed by atoms with Gasteiger partial charge in [0.2, 0.25) is 0 Å². The molecule has 0 aromatic rings. The molecule has 0 amide bonds. The number of nitrogens with one attached hydrogen (secondary N) is 1. The molecule has 0 heterocycles. The zero-order valence-corrected chi connectivity index (χ0v) is 6.41. The van der Waals surface area contributed by atoms with Crippen LogP contribution in [0.2, 0.25) is 0 Å². The summed E-state index contributed by atoms with van der Waals surface area (Å²) in [7, 11) is 0. The van der Waals surface area contributed by atoms with Crippen molar-refractivity contribution in [1.82, 2.24) is 5.73 Å². The van der Waals surface area contributed by atoms with E-state index in [1.165, 1.54) is 19.3 Å². The fourth-order valence-corrected chi connectivity index (χ4v) is 1.51. The minimum absolute atomic E-state index is 0.113. The van der Waals surface area contributed by atoms with Crippen LogP contribution in [-0.2, 0) is 0 Å². The predicted octanol–water partition coefficient (Wildman–Crippen LogP) is 2.24. The van der Waals surface area contributed by atoms with Gasteiger partial charge in [0.15, 0.2) is 0 Å². The van der Waals surface area contributed by atoms with Gasteiger partial charge in [0.05, 0.1) is 0 Å². The van der Waals surface area contributed by atoms with E-state index in [1.807, 2.05) is 0 Å². The molecule has 1 rings (SSSR count). The molecule has 9 heavy (non-hydrogen) atoms. The lowest BCUT2D eigenvalue weighted by molar-refractivity contribution is 0.217. The topological polar surface area (TPSA) is 23.8 Å². The molecule has 1 aliphatic carbocycles. The molecule has 1 heteroatoms. The molecule has 2 atom stereocenters. The predicted molar refractivity (Wildman–Crippen MR) is 39.1 cm³/mol. The zero-order chi connectivity index (χ0) is 6.91. The van der Waals surface area contributed by atoms with Gasteiger partial charge in [-0.3, -0.25) is 5.73 Å². The van der Waals surface area contributed by atoms with E-state index in [2.05, 4.69) is 13.8 Å². The Morgan fingerprint density at radius 1 is 1.44 bits per heavy atom. The van der Waals surface area contributed by atoms with Crippen molar-refractivity contribution in [2.75, 3.05) is 0 Å². The second-order valence-electron chi connectivity index (χ2n) is 3.56. The maximum absolute atomic E-state index is 7.83. The number of hydrogen-bond donors (Lipinski definition) is 0. The highest BCUT2D eigenvalue weighted by atomic mass is 14.7. The summed E-state index contributed by atoms with van der Waals surface area (Å²) >= 11 is 0. The quantitative estimate of drug-likeness (QED) is 0.475. The maximum Gasteiger partial charge on any atom is 0.0321 e. The van der Waals surface area contributed by atoms with E-state index in [0.29, 0.717) is 5.92 Å². The van der Waals surface area contributed by atoms with Crippen molar-refractivity contribution < 1.29 is 0 Å². The Hall–Kier alpha value is -0.0400. The third-order valence-electron chi connectivity index (χ3n) is 2.67. The third-order valence-corrected chi connectivity index (χ3v) is 2.67. The largest absolute Gasteiger partial charge is 0.251 e. The average molecular weight is 126 g/mol. The molecule has 2 unspecified atom stereocenters. The summed E-state index contributed by atoms with van der Waals surface area (Å²) in [6.07, 6.45) is 4.98. The van der Waals surface area contributed by atoms with Gasteiger partial charge >= 0.3 is 0 Å². The van der Waals surface area contributed by atoms with Crippen molar-refractivity contribution >= 4 is 0 Å². The van der Waals surface area contributed by atoms with E-state index in [9.17, 15) is 0 Å². The van der Waals surface area contributed by atoms with Crippen LogP contribution in [0.1, 0.15) is 39.5 Å². The zero-order valence-electron chi connectivity index (χ0n) is 6.41. The van der Waals surface area contributed by atoms with Gasteiger partial charge in [-0.2, -0.15) is 0 Å². The molecule has 1 aliphatic rings. The third kappa shape index (κ3) is 1.45. The van der Waals surface area contributed by atoms with Gasteiger partial charge in [-0.1, -0.05) is 19.8 Å². The van der Waals surface area contributed by atoms with E-state index >= 15 is 0 Å². The second kappa shape index (κ2) is 2.30. The second-order valence-corrected chi connectivity index (χ2v) is 3.56. The van der Waals surface area contributed by atoms with Crippen LogP contribution in [0.4, 0.5) is 0 Å². The van der Waals surface area contributed by atoms with Crippen LogP contribution in [0.3, 0.4) is 0 Å². The summed E-state index contributed by atoms with van der Waals surface area (Å²) in [6, 6.07) is 0. The van der Waals surface area contributed by atoms with Crippen molar-refractivity contribution in [3.63, 3.8) is 0 Å². The summed E-state index contributed by atoms with van der Waals surface area (Å²) < 4.78 is 0. The Morgan fingerprint density at radius 3 is 2.44 bits per heavy atom.